The van der Waals surface area contributed by atoms with Crippen molar-refractivity contribution in [2.24, 2.45) is 5.92 Å². The summed E-state index contributed by atoms with van der Waals surface area (Å²) in [4.78, 5) is 2.50. The van der Waals surface area contributed by atoms with Gasteiger partial charge in [0.05, 0.1) is 11.6 Å². The van der Waals surface area contributed by atoms with Crippen molar-refractivity contribution in [1.29, 1.82) is 5.26 Å². The van der Waals surface area contributed by atoms with E-state index >= 15 is 0 Å². The molecule has 0 heterocycles. The molecule has 1 aliphatic carbocycles. The minimum absolute atomic E-state index is 0.630. The average molecular weight is 321 g/mol. The van der Waals surface area contributed by atoms with Gasteiger partial charge in [0.25, 0.3) is 0 Å². The molecule has 102 valence electrons. The predicted octanol–water partition coefficient (Wildman–Crippen LogP) is 4.73. The number of halogens is 1. The van der Waals surface area contributed by atoms with E-state index in [1.54, 1.807) is 0 Å². The molecule has 0 saturated heterocycles. The van der Waals surface area contributed by atoms with Gasteiger partial charge in [-0.25, -0.2) is 0 Å². The van der Waals surface area contributed by atoms with E-state index in [4.69, 9.17) is 5.26 Å². The Morgan fingerprint density at radius 1 is 1.32 bits per heavy atom. The Labute approximate surface area is 124 Å². The molecule has 3 heteroatoms. The van der Waals surface area contributed by atoms with Crippen molar-refractivity contribution in [1.82, 2.24) is 0 Å². The summed E-state index contributed by atoms with van der Waals surface area (Å²) < 4.78 is 0.994. The van der Waals surface area contributed by atoms with Gasteiger partial charge < -0.3 is 4.90 Å². The lowest BCUT2D eigenvalue weighted by Crippen LogP contribution is -2.36. The van der Waals surface area contributed by atoms with Crippen molar-refractivity contribution < 1.29 is 0 Å². The highest BCUT2D eigenvalue weighted by molar-refractivity contribution is 9.10. The zero-order valence-electron chi connectivity index (χ0n) is 11.7. The van der Waals surface area contributed by atoms with Gasteiger partial charge in [-0.1, -0.05) is 42.6 Å². The number of nitrogens with zero attached hydrogens (tertiary/aromatic N) is 2. The summed E-state index contributed by atoms with van der Waals surface area (Å²) in [6.45, 7) is 5.57. The van der Waals surface area contributed by atoms with Gasteiger partial charge in [0, 0.05) is 22.7 Å². The molecule has 1 aliphatic rings. The largest absolute Gasteiger partial charge is 0.368 e. The maximum atomic E-state index is 9.13. The van der Waals surface area contributed by atoms with Crippen LogP contribution >= 0.6 is 15.9 Å². The Morgan fingerprint density at radius 2 is 2.00 bits per heavy atom. The lowest BCUT2D eigenvalue weighted by atomic mass is 10.1. The van der Waals surface area contributed by atoms with Crippen molar-refractivity contribution in [3.63, 3.8) is 0 Å². The highest BCUT2D eigenvalue weighted by Gasteiger charge is 2.23. The van der Waals surface area contributed by atoms with E-state index in [9.17, 15) is 0 Å². The second-order valence-corrected chi connectivity index (χ2v) is 6.71. The summed E-state index contributed by atoms with van der Waals surface area (Å²) in [6.07, 6.45) is 5.22. The Bertz CT molecular complexity index is 470. The van der Waals surface area contributed by atoms with Crippen LogP contribution < -0.4 is 4.90 Å². The molecule has 0 bridgehead atoms. The summed E-state index contributed by atoms with van der Waals surface area (Å²) in [5, 5.41) is 9.13. The maximum absolute atomic E-state index is 9.13. The SMILES string of the molecule is CC(C)CN(c1cc(Br)cc(C#N)c1)C1CCCC1. The standard InChI is InChI=1S/C16H21BrN2/c1-12(2)11-19(15-5-3-4-6-15)16-8-13(10-18)7-14(17)9-16/h7-9,12,15H,3-6,11H2,1-2H3. The van der Waals surface area contributed by atoms with Crippen LogP contribution in [0.1, 0.15) is 45.1 Å². The van der Waals surface area contributed by atoms with Crippen LogP contribution in [0.5, 0.6) is 0 Å². The van der Waals surface area contributed by atoms with Crippen molar-refractivity contribution in [2.45, 2.75) is 45.6 Å². The molecule has 0 radical (unpaired) electrons. The minimum Gasteiger partial charge on any atom is -0.368 e. The fraction of sp³-hybridized carbons (Fsp3) is 0.562. The van der Waals surface area contributed by atoms with Crippen LogP contribution in [0.15, 0.2) is 22.7 Å². The number of hydrogen-bond acceptors (Lipinski definition) is 2. The van der Waals surface area contributed by atoms with E-state index in [0.29, 0.717) is 12.0 Å². The molecule has 2 rings (SSSR count). The first-order valence-corrected chi connectivity index (χ1v) is 7.87. The second kappa shape index (κ2) is 6.43. The molecule has 2 nitrogen and oxygen atoms in total. The van der Waals surface area contributed by atoms with E-state index in [1.807, 2.05) is 12.1 Å². The molecular formula is C16H21BrN2. The summed E-state index contributed by atoms with van der Waals surface area (Å²) in [7, 11) is 0. The zero-order valence-corrected chi connectivity index (χ0v) is 13.3. The molecular weight excluding hydrogens is 300 g/mol. The van der Waals surface area contributed by atoms with Crippen molar-refractivity contribution in [3.8, 4) is 6.07 Å². The lowest BCUT2D eigenvalue weighted by molar-refractivity contribution is 0.536. The van der Waals surface area contributed by atoms with Gasteiger partial charge in [0.15, 0.2) is 0 Å². The molecule has 19 heavy (non-hydrogen) atoms. The average Bonchev–Trinajstić information content (AvgIpc) is 2.88. The van der Waals surface area contributed by atoms with Gasteiger partial charge in [-0.3, -0.25) is 0 Å². The number of benzene rings is 1. The highest BCUT2D eigenvalue weighted by atomic mass is 79.9. The molecule has 0 amide bonds. The molecule has 1 saturated carbocycles. The van der Waals surface area contributed by atoms with Crippen LogP contribution in [0, 0.1) is 17.2 Å². The molecule has 0 aliphatic heterocycles. The van der Waals surface area contributed by atoms with Crippen molar-refractivity contribution in [2.75, 3.05) is 11.4 Å². The molecule has 1 fully saturated rings. The van der Waals surface area contributed by atoms with Gasteiger partial charge in [-0.15, -0.1) is 0 Å². The fourth-order valence-corrected chi connectivity index (χ4v) is 3.36. The third-order valence-corrected chi connectivity index (χ3v) is 4.13. The zero-order chi connectivity index (χ0) is 13.8. The quantitative estimate of drug-likeness (QED) is 0.802. The molecule has 1 aromatic carbocycles. The van der Waals surface area contributed by atoms with Gasteiger partial charge in [-0.2, -0.15) is 5.26 Å². The second-order valence-electron chi connectivity index (χ2n) is 5.79. The topological polar surface area (TPSA) is 27.0 Å². The first-order valence-electron chi connectivity index (χ1n) is 7.07. The molecule has 0 spiro atoms. The number of anilines is 1. The Hall–Kier alpha value is -1.01. The van der Waals surface area contributed by atoms with Crippen LogP contribution in [0.2, 0.25) is 0 Å². The monoisotopic (exact) mass is 320 g/mol. The minimum atomic E-state index is 0.630. The Kier molecular flexibility index (Phi) is 4.87. The van der Waals surface area contributed by atoms with E-state index in [1.165, 1.54) is 31.4 Å². The highest BCUT2D eigenvalue weighted by Crippen LogP contribution is 2.31. The molecule has 0 atom stereocenters. The van der Waals surface area contributed by atoms with Crippen LogP contribution in [0.3, 0.4) is 0 Å². The molecule has 0 N–H and O–H groups in total. The third-order valence-electron chi connectivity index (χ3n) is 3.67. The molecule has 0 aromatic heterocycles. The summed E-state index contributed by atoms with van der Waals surface area (Å²) in [6, 6.07) is 8.93. The van der Waals surface area contributed by atoms with Gasteiger partial charge >= 0.3 is 0 Å². The lowest BCUT2D eigenvalue weighted by Gasteiger charge is -2.33. The van der Waals surface area contributed by atoms with Gasteiger partial charge in [-0.05, 0) is 37.0 Å². The first kappa shape index (κ1) is 14.4. The Balaban J connectivity index is 2.31. The van der Waals surface area contributed by atoms with E-state index in [-0.39, 0.29) is 0 Å². The maximum Gasteiger partial charge on any atom is 0.0992 e. The van der Waals surface area contributed by atoms with Crippen LogP contribution in [0.25, 0.3) is 0 Å². The molecule has 1 aromatic rings. The van der Waals surface area contributed by atoms with Gasteiger partial charge in [0.1, 0.15) is 0 Å². The van der Waals surface area contributed by atoms with Crippen LogP contribution in [-0.4, -0.2) is 12.6 Å². The van der Waals surface area contributed by atoms with Crippen LogP contribution in [-0.2, 0) is 0 Å². The van der Waals surface area contributed by atoms with Crippen molar-refractivity contribution >= 4 is 21.6 Å². The predicted molar refractivity (Wildman–Crippen MR) is 83.3 cm³/mol. The van der Waals surface area contributed by atoms with E-state index < -0.39 is 0 Å². The smallest absolute Gasteiger partial charge is 0.0992 e. The molecule has 0 unspecified atom stereocenters. The normalized spacial score (nSPS) is 15.7. The first-order chi connectivity index (χ1) is 9.10. The fourth-order valence-electron chi connectivity index (χ4n) is 2.88. The van der Waals surface area contributed by atoms with E-state index in [0.717, 1.165) is 16.6 Å². The summed E-state index contributed by atoms with van der Waals surface area (Å²) >= 11 is 3.52. The third kappa shape index (κ3) is 3.73. The van der Waals surface area contributed by atoms with Gasteiger partial charge in [0.2, 0.25) is 0 Å². The summed E-state index contributed by atoms with van der Waals surface area (Å²) in [5.74, 6) is 0.630. The van der Waals surface area contributed by atoms with E-state index in [2.05, 4.69) is 46.8 Å². The Morgan fingerprint density at radius 3 is 2.58 bits per heavy atom. The number of hydrogen-bond donors (Lipinski definition) is 0. The number of nitriles is 1. The summed E-state index contributed by atoms with van der Waals surface area (Å²) in [5.41, 5.74) is 1.92. The number of rotatable bonds is 4. The van der Waals surface area contributed by atoms with Crippen molar-refractivity contribution in [3.05, 3.63) is 28.2 Å². The van der Waals surface area contributed by atoms with Crippen LogP contribution in [0.4, 0.5) is 5.69 Å².